The number of rotatable bonds is 76. The van der Waals surface area contributed by atoms with Crippen LogP contribution >= 0.6 is 15.6 Å². The normalized spacial score (nSPS) is 14.0. The molecule has 0 amide bonds. The molecule has 19 heteroatoms. The Morgan fingerprint density at radius 3 is 0.701 bits per heavy atom. The number of carbonyl (C=O) groups excluding carboxylic acids is 4. The van der Waals surface area contributed by atoms with Crippen LogP contribution in [-0.4, -0.2) is 96.7 Å². The number of phosphoric acid groups is 2. The minimum absolute atomic E-state index is 0.106. The lowest BCUT2D eigenvalue weighted by molar-refractivity contribution is -0.161. The van der Waals surface area contributed by atoms with E-state index in [0.717, 1.165) is 108 Å². The Bertz CT molecular complexity index is 1890. The number of hydrogen-bond donors (Lipinski definition) is 3. The summed E-state index contributed by atoms with van der Waals surface area (Å²) in [4.78, 5) is 72.9. The first-order chi connectivity index (χ1) is 46.7. The molecule has 0 saturated heterocycles. The molecule has 5 atom stereocenters. The molecule has 0 aromatic carbocycles. The van der Waals surface area contributed by atoms with Gasteiger partial charge in [-0.25, -0.2) is 9.13 Å². The summed E-state index contributed by atoms with van der Waals surface area (Å²) >= 11 is 0. The van der Waals surface area contributed by atoms with Gasteiger partial charge >= 0.3 is 39.5 Å². The predicted molar refractivity (Wildman–Crippen MR) is 395 cm³/mol. The van der Waals surface area contributed by atoms with Gasteiger partial charge in [0.25, 0.3) is 0 Å². The van der Waals surface area contributed by atoms with E-state index in [1.807, 2.05) is 0 Å². The maximum atomic E-state index is 13.1. The van der Waals surface area contributed by atoms with Crippen molar-refractivity contribution in [3.05, 3.63) is 0 Å². The molecule has 0 saturated carbocycles. The Kier molecular flexibility index (Phi) is 67.1. The predicted octanol–water partition coefficient (Wildman–Crippen LogP) is 23.0. The van der Waals surface area contributed by atoms with Crippen LogP contribution in [0.3, 0.4) is 0 Å². The maximum absolute atomic E-state index is 13.1. The van der Waals surface area contributed by atoms with Crippen molar-refractivity contribution in [1.29, 1.82) is 0 Å². The Labute approximate surface area is 594 Å². The van der Waals surface area contributed by atoms with Crippen molar-refractivity contribution >= 4 is 39.5 Å². The Morgan fingerprint density at radius 1 is 0.278 bits per heavy atom. The van der Waals surface area contributed by atoms with Gasteiger partial charge in [-0.05, 0) is 43.4 Å². The molecule has 0 aliphatic rings. The number of carbonyl (C=O) groups is 4. The molecule has 0 spiro atoms. The van der Waals surface area contributed by atoms with Gasteiger partial charge in [-0.2, -0.15) is 0 Å². The highest BCUT2D eigenvalue weighted by molar-refractivity contribution is 7.47. The quantitative estimate of drug-likeness (QED) is 0.0222. The monoisotopic (exact) mass is 1420 g/mol. The zero-order valence-electron chi connectivity index (χ0n) is 63.5. The summed E-state index contributed by atoms with van der Waals surface area (Å²) in [5.74, 6) is 0.192. The van der Waals surface area contributed by atoms with E-state index < -0.39 is 97.5 Å². The topological polar surface area (TPSA) is 237 Å². The van der Waals surface area contributed by atoms with Gasteiger partial charge in [0.05, 0.1) is 26.4 Å². The van der Waals surface area contributed by atoms with Gasteiger partial charge in [-0.3, -0.25) is 37.3 Å². The van der Waals surface area contributed by atoms with Crippen molar-refractivity contribution in [1.82, 2.24) is 0 Å². The molecule has 0 aliphatic carbocycles. The molecule has 0 radical (unpaired) electrons. The summed E-state index contributed by atoms with van der Waals surface area (Å²) in [5.41, 5.74) is 0. The van der Waals surface area contributed by atoms with E-state index in [4.69, 9.17) is 37.0 Å². The Morgan fingerprint density at radius 2 is 0.474 bits per heavy atom. The molecule has 0 heterocycles. The second-order valence-electron chi connectivity index (χ2n) is 29.5. The summed E-state index contributed by atoms with van der Waals surface area (Å²) in [6.07, 6.45) is 55.5. The molecule has 0 rings (SSSR count). The molecular formula is C78H152O17P2. The van der Waals surface area contributed by atoms with Crippen LogP contribution in [0.2, 0.25) is 0 Å². The molecule has 0 aliphatic heterocycles. The van der Waals surface area contributed by atoms with E-state index in [-0.39, 0.29) is 25.7 Å². The van der Waals surface area contributed by atoms with E-state index >= 15 is 0 Å². The third-order valence-electron chi connectivity index (χ3n) is 18.1. The Hall–Kier alpha value is -1.94. The molecule has 0 aromatic heterocycles. The van der Waals surface area contributed by atoms with Gasteiger partial charge in [0.2, 0.25) is 0 Å². The summed E-state index contributed by atoms with van der Waals surface area (Å²) in [6.45, 7) is 11.9. The summed E-state index contributed by atoms with van der Waals surface area (Å²) in [5, 5.41) is 10.6. The van der Waals surface area contributed by atoms with Gasteiger partial charge in [0.1, 0.15) is 19.3 Å². The highest BCUT2D eigenvalue weighted by atomic mass is 31.2. The molecule has 97 heavy (non-hydrogen) atoms. The number of aliphatic hydroxyl groups is 1. The van der Waals surface area contributed by atoms with E-state index in [9.17, 15) is 43.2 Å². The van der Waals surface area contributed by atoms with Crippen LogP contribution in [0.4, 0.5) is 0 Å². The number of phosphoric ester groups is 2. The third kappa shape index (κ3) is 72.2. The number of esters is 4. The maximum Gasteiger partial charge on any atom is 0.472 e. The Balaban J connectivity index is 5.24. The highest BCUT2D eigenvalue weighted by Crippen LogP contribution is 2.45. The van der Waals surface area contributed by atoms with Crippen LogP contribution in [0, 0.1) is 17.8 Å². The van der Waals surface area contributed by atoms with Crippen LogP contribution in [0.25, 0.3) is 0 Å². The minimum Gasteiger partial charge on any atom is -0.462 e. The van der Waals surface area contributed by atoms with Gasteiger partial charge in [-0.1, -0.05) is 350 Å². The zero-order chi connectivity index (χ0) is 71.6. The SMILES string of the molecule is CCCCCCCCCCCCCCC(=O)O[C@H](COC(=O)CCCCCCCCCC(C)C)COP(=O)(O)OC[C@H](O)COP(=O)(O)OC[C@@H](COC(=O)CCCCCCCCCCCCCCCCC(C)C)OC(=O)CCCCCCCCCCCCCCCCCC(C)C. The second kappa shape index (κ2) is 68.5. The molecule has 576 valence electrons. The highest BCUT2D eigenvalue weighted by Gasteiger charge is 2.30. The summed E-state index contributed by atoms with van der Waals surface area (Å²) < 4.78 is 68.6. The van der Waals surface area contributed by atoms with Crippen molar-refractivity contribution in [3.63, 3.8) is 0 Å². The van der Waals surface area contributed by atoms with Crippen LogP contribution < -0.4 is 0 Å². The van der Waals surface area contributed by atoms with Crippen molar-refractivity contribution in [2.24, 2.45) is 17.8 Å². The summed E-state index contributed by atoms with van der Waals surface area (Å²) in [6, 6.07) is 0. The minimum atomic E-state index is -4.96. The van der Waals surface area contributed by atoms with E-state index in [0.29, 0.717) is 31.6 Å². The molecule has 3 N–H and O–H groups in total. The van der Waals surface area contributed by atoms with Crippen molar-refractivity contribution < 1.29 is 80.2 Å². The first kappa shape index (κ1) is 95.1. The fourth-order valence-electron chi connectivity index (χ4n) is 12.0. The molecule has 17 nitrogen and oxygen atoms in total. The number of hydrogen-bond acceptors (Lipinski definition) is 15. The standard InChI is InChI=1S/C78H152O17P2/c1-8-9-10-11-12-13-14-26-32-39-47-54-61-77(82)95-74(66-89-76(81)60-53-46-41-34-37-44-51-58-71(6)7)68-93-97(86,87)91-64-72(79)63-90-96(84,85)92-67-73(65-88-75(80)59-52-45-38-31-27-22-19-18-21-25-30-36-43-50-57-70(4)5)94-78(83)62-55-48-40-33-28-23-17-15-16-20-24-29-35-42-49-56-69(2)3/h69-74,79H,8-68H2,1-7H3,(H,84,85)(H,86,87)/t72-,73-,74-/m1/s1. The molecule has 0 aromatic rings. The molecular weight excluding hydrogens is 1270 g/mol. The lowest BCUT2D eigenvalue weighted by atomic mass is 10.0. The summed E-state index contributed by atoms with van der Waals surface area (Å²) in [7, 11) is -9.91. The fraction of sp³-hybridized carbons (Fsp3) is 0.949. The average molecular weight is 1420 g/mol. The van der Waals surface area contributed by atoms with Crippen LogP contribution in [0.1, 0.15) is 402 Å². The van der Waals surface area contributed by atoms with Gasteiger partial charge in [0, 0.05) is 25.7 Å². The van der Waals surface area contributed by atoms with E-state index in [1.165, 1.54) is 205 Å². The molecule has 0 bridgehead atoms. The van der Waals surface area contributed by atoms with Crippen LogP contribution in [0.5, 0.6) is 0 Å². The van der Waals surface area contributed by atoms with Crippen molar-refractivity contribution in [2.45, 2.75) is 420 Å². The van der Waals surface area contributed by atoms with Crippen molar-refractivity contribution in [3.8, 4) is 0 Å². The van der Waals surface area contributed by atoms with Gasteiger partial charge in [-0.15, -0.1) is 0 Å². The smallest absolute Gasteiger partial charge is 0.462 e. The average Bonchev–Trinajstić information content (AvgIpc) is 1.40. The number of aliphatic hydroxyl groups excluding tert-OH is 1. The largest absolute Gasteiger partial charge is 0.472 e. The first-order valence-electron chi connectivity index (χ1n) is 40.3. The van der Waals surface area contributed by atoms with Gasteiger partial charge < -0.3 is 33.8 Å². The van der Waals surface area contributed by atoms with Crippen LogP contribution in [-0.2, 0) is 65.4 Å². The number of ether oxygens (including phenoxy) is 4. The first-order valence-corrected chi connectivity index (χ1v) is 43.3. The zero-order valence-corrected chi connectivity index (χ0v) is 65.3. The molecule has 2 unspecified atom stereocenters. The van der Waals surface area contributed by atoms with Crippen molar-refractivity contribution in [2.75, 3.05) is 39.6 Å². The van der Waals surface area contributed by atoms with Crippen LogP contribution in [0.15, 0.2) is 0 Å². The van der Waals surface area contributed by atoms with E-state index in [2.05, 4.69) is 48.5 Å². The molecule has 0 fully saturated rings. The third-order valence-corrected chi connectivity index (χ3v) is 20.0. The van der Waals surface area contributed by atoms with Gasteiger partial charge in [0.15, 0.2) is 12.2 Å². The van der Waals surface area contributed by atoms with E-state index in [1.54, 1.807) is 0 Å². The number of unbranched alkanes of at least 4 members (excludes halogenated alkanes) is 44. The second-order valence-corrected chi connectivity index (χ2v) is 32.4. The lowest BCUT2D eigenvalue weighted by Gasteiger charge is -2.21. The fourth-order valence-corrected chi connectivity index (χ4v) is 13.5. The lowest BCUT2D eigenvalue weighted by Crippen LogP contribution is -2.30.